The number of fused-ring (bicyclic) bond motifs is 1. The van der Waals surface area contributed by atoms with Crippen molar-refractivity contribution < 1.29 is 8.78 Å². The van der Waals surface area contributed by atoms with E-state index in [-0.39, 0.29) is 19.5 Å². The second-order valence-electron chi connectivity index (χ2n) is 4.42. The van der Waals surface area contributed by atoms with Gasteiger partial charge in [-0.05, 0) is 6.92 Å². The Balaban J connectivity index is 2.03. The highest BCUT2D eigenvalue weighted by Gasteiger charge is 2.39. The van der Waals surface area contributed by atoms with E-state index in [0.717, 1.165) is 0 Å². The topological polar surface area (TPSA) is 82.6 Å². The highest BCUT2D eigenvalue weighted by atomic mass is 19.3. The van der Waals surface area contributed by atoms with Crippen LogP contribution in [0.2, 0.25) is 0 Å². The van der Waals surface area contributed by atoms with E-state index in [1.165, 1.54) is 4.90 Å². The molecule has 0 bridgehead atoms. The molecule has 0 unspecified atom stereocenters. The number of hydrogen-bond donors (Lipinski definition) is 2. The number of anilines is 2. The molecule has 1 aliphatic rings. The Kier molecular flexibility index (Phi) is 2.68. The number of aromatic nitrogens is 5. The predicted molar refractivity (Wildman–Crippen MR) is 65.4 cm³/mol. The van der Waals surface area contributed by atoms with Crippen LogP contribution in [0.15, 0.2) is 0 Å². The lowest BCUT2D eigenvalue weighted by Crippen LogP contribution is -2.26. The monoisotopic (exact) mass is 269 g/mol. The van der Waals surface area contributed by atoms with Crippen LogP contribution in [0.5, 0.6) is 0 Å². The molecule has 3 heterocycles. The minimum Gasteiger partial charge on any atom is -0.354 e. The maximum absolute atomic E-state index is 13.3. The van der Waals surface area contributed by atoms with E-state index >= 15 is 0 Å². The van der Waals surface area contributed by atoms with E-state index in [2.05, 4.69) is 30.7 Å². The van der Waals surface area contributed by atoms with Gasteiger partial charge in [-0.1, -0.05) is 0 Å². The van der Waals surface area contributed by atoms with Crippen molar-refractivity contribution >= 4 is 22.9 Å². The van der Waals surface area contributed by atoms with Crippen LogP contribution in [0.3, 0.4) is 0 Å². The molecule has 0 aromatic carbocycles. The lowest BCUT2D eigenvalue weighted by molar-refractivity contribution is 0.0257. The minimum absolute atomic E-state index is 0.174. The van der Waals surface area contributed by atoms with Crippen LogP contribution in [-0.4, -0.2) is 50.9 Å². The van der Waals surface area contributed by atoms with Crippen LogP contribution in [0.1, 0.15) is 13.3 Å². The number of nitrogens with one attached hydrogen (secondary N) is 2. The lowest BCUT2D eigenvalue weighted by atomic mass is 10.3. The Morgan fingerprint density at radius 1 is 1.37 bits per heavy atom. The molecule has 2 N–H and O–H groups in total. The van der Waals surface area contributed by atoms with Gasteiger partial charge in [-0.2, -0.15) is 20.3 Å². The molecule has 2 aromatic heterocycles. The van der Waals surface area contributed by atoms with Crippen LogP contribution < -0.4 is 10.2 Å². The molecule has 0 spiro atoms. The van der Waals surface area contributed by atoms with Gasteiger partial charge in [0, 0.05) is 19.5 Å². The number of aromatic amines is 1. The third-order valence-electron chi connectivity index (χ3n) is 2.97. The first-order chi connectivity index (χ1) is 9.09. The number of halogens is 2. The standard InChI is InChI=1S/C10H13F2N7/c1-2-13-9-14-7-6(16-18-17-7)8(15-9)19-4-3-10(11,12)5-19/h2-5H2,1H3,(H2,13,14,15,16,17,18). The molecule has 1 fully saturated rings. The summed E-state index contributed by atoms with van der Waals surface area (Å²) in [4.78, 5) is 9.93. The third-order valence-corrected chi connectivity index (χ3v) is 2.97. The third kappa shape index (κ3) is 2.15. The van der Waals surface area contributed by atoms with Crippen molar-refractivity contribution in [2.75, 3.05) is 29.9 Å². The number of H-pyrrole nitrogens is 1. The van der Waals surface area contributed by atoms with E-state index < -0.39 is 5.92 Å². The molecular formula is C10H13F2N7. The van der Waals surface area contributed by atoms with Crippen molar-refractivity contribution in [3.63, 3.8) is 0 Å². The van der Waals surface area contributed by atoms with Gasteiger partial charge in [-0.25, -0.2) is 8.78 Å². The van der Waals surface area contributed by atoms with Gasteiger partial charge in [0.25, 0.3) is 5.92 Å². The number of hydrogen-bond acceptors (Lipinski definition) is 6. The molecule has 0 atom stereocenters. The number of alkyl halides is 2. The van der Waals surface area contributed by atoms with Crippen LogP contribution in [0.25, 0.3) is 11.2 Å². The number of nitrogens with zero attached hydrogens (tertiary/aromatic N) is 5. The Hall–Kier alpha value is -2.06. The van der Waals surface area contributed by atoms with Crippen molar-refractivity contribution in [3.05, 3.63) is 0 Å². The molecule has 19 heavy (non-hydrogen) atoms. The maximum Gasteiger partial charge on any atom is 0.266 e. The zero-order valence-electron chi connectivity index (χ0n) is 10.3. The average Bonchev–Trinajstić information content (AvgIpc) is 2.94. The van der Waals surface area contributed by atoms with Gasteiger partial charge in [0.15, 0.2) is 11.3 Å². The van der Waals surface area contributed by atoms with Crippen molar-refractivity contribution in [1.82, 2.24) is 25.4 Å². The summed E-state index contributed by atoms with van der Waals surface area (Å²) in [7, 11) is 0. The SMILES string of the molecule is CCNc1nc(N2CCC(F)(F)C2)c2n[nH]nc2n1. The summed E-state index contributed by atoms with van der Waals surface area (Å²) < 4.78 is 26.6. The molecule has 9 heteroatoms. The summed E-state index contributed by atoms with van der Waals surface area (Å²) in [6, 6.07) is 0. The fourth-order valence-corrected chi connectivity index (χ4v) is 2.11. The fraction of sp³-hybridized carbons (Fsp3) is 0.600. The van der Waals surface area contributed by atoms with Gasteiger partial charge in [0.1, 0.15) is 0 Å². The Morgan fingerprint density at radius 3 is 2.89 bits per heavy atom. The molecule has 2 aromatic rings. The van der Waals surface area contributed by atoms with Crippen LogP contribution >= 0.6 is 0 Å². The molecular weight excluding hydrogens is 256 g/mol. The molecule has 7 nitrogen and oxygen atoms in total. The normalized spacial score (nSPS) is 18.2. The van der Waals surface area contributed by atoms with Gasteiger partial charge in [0.2, 0.25) is 11.6 Å². The second kappa shape index (κ2) is 4.25. The number of rotatable bonds is 3. The molecule has 1 saturated heterocycles. The summed E-state index contributed by atoms with van der Waals surface area (Å²) in [5, 5.41) is 13.2. The largest absolute Gasteiger partial charge is 0.354 e. The quantitative estimate of drug-likeness (QED) is 0.865. The summed E-state index contributed by atoms with van der Waals surface area (Å²) >= 11 is 0. The Bertz CT molecular complexity index is 597. The summed E-state index contributed by atoms with van der Waals surface area (Å²) in [6.07, 6.45) is -0.174. The second-order valence-corrected chi connectivity index (χ2v) is 4.42. The minimum atomic E-state index is -2.68. The molecule has 1 aliphatic heterocycles. The van der Waals surface area contributed by atoms with Gasteiger partial charge in [-0.3, -0.25) is 0 Å². The molecule has 3 rings (SSSR count). The van der Waals surface area contributed by atoms with Crippen LogP contribution in [0.4, 0.5) is 20.5 Å². The maximum atomic E-state index is 13.3. The van der Waals surface area contributed by atoms with Gasteiger partial charge in [0.05, 0.1) is 6.54 Å². The molecule has 0 saturated carbocycles. The van der Waals surface area contributed by atoms with E-state index in [4.69, 9.17) is 0 Å². The van der Waals surface area contributed by atoms with Gasteiger partial charge < -0.3 is 10.2 Å². The van der Waals surface area contributed by atoms with E-state index in [1.54, 1.807) is 0 Å². The first-order valence-electron chi connectivity index (χ1n) is 6.04. The van der Waals surface area contributed by atoms with Crippen molar-refractivity contribution in [3.8, 4) is 0 Å². The van der Waals surface area contributed by atoms with Gasteiger partial charge in [-0.15, -0.1) is 5.10 Å². The molecule has 0 radical (unpaired) electrons. The summed E-state index contributed by atoms with van der Waals surface area (Å²) in [5.41, 5.74) is 0.788. The van der Waals surface area contributed by atoms with Gasteiger partial charge >= 0.3 is 0 Å². The van der Waals surface area contributed by atoms with Crippen LogP contribution in [-0.2, 0) is 0 Å². The van der Waals surface area contributed by atoms with Crippen LogP contribution in [0, 0.1) is 0 Å². The van der Waals surface area contributed by atoms with E-state index in [9.17, 15) is 8.78 Å². The molecule has 102 valence electrons. The fourth-order valence-electron chi connectivity index (χ4n) is 2.11. The predicted octanol–water partition coefficient (Wildman–Crippen LogP) is 1.03. The summed E-state index contributed by atoms with van der Waals surface area (Å²) in [6.45, 7) is 2.44. The average molecular weight is 269 g/mol. The lowest BCUT2D eigenvalue weighted by Gasteiger charge is -2.17. The zero-order chi connectivity index (χ0) is 13.5. The summed E-state index contributed by atoms with van der Waals surface area (Å²) in [5.74, 6) is -1.92. The van der Waals surface area contributed by atoms with E-state index in [1.807, 2.05) is 6.92 Å². The molecule has 0 amide bonds. The highest BCUT2D eigenvalue weighted by molar-refractivity contribution is 5.83. The van der Waals surface area contributed by atoms with Crippen molar-refractivity contribution in [2.24, 2.45) is 0 Å². The smallest absolute Gasteiger partial charge is 0.266 e. The van der Waals surface area contributed by atoms with Crippen molar-refractivity contribution in [1.29, 1.82) is 0 Å². The zero-order valence-corrected chi connectivity index (χ0v) is 10.3. The van der Waals surface area contributed by atoms with E-state index in [0.29, 0.717) is 29.5 Å². The first-order valence-corrected chi connectivity index (χ1v) is 6.04. The molecule has 0 aliphatic carbocycles. The van der Waals surface area contributed by atoms with Crippen molar-refractivity contribution in [2.45, 2.75) is 19.3 Å². The Morgan fingerprint density at radius 2 is 2.21 bits per heavy atom. The Labute approximate surface area is 107 Å². The highest BCUT2D eigenvalue weighted by Crippen LogP contribution is 2.32. The first kappa shape index (κ1) is 12.0.